The summed E-state index contributed by atoms with van der Waals surface area (Å²) in [5.41, 5.74) is -0.308. The summed E-state index contributed by atoms with van der Waals surface area (Å²) in [7, 11) is 0. The van der Waals surface area contributed by atoms with Crippen LogP contribution >= 0.6 is 0 Å². The van der Waals surface area contributed by atoms with Crippen LogP contribution in [0.2, 0.25) is 0 Å². The van der Waals surface area contributed by atoms with Gasteiger partial charge in [0.15, 0.2) is 0 Å². The van der Waals surface area contributed by atoms with Gasteiger partial charge < -0.3 is 15.2 Å². The summed E-state index contributed by atoms with van der Waals surface area (Å²) in [6.07, 6.45) is 8.83. The Morgan fingerprint density at radius 1 is 1.14 bits per heavy atom. The van der Waals surface area contributed by atoms with Crippen molar-refractivity contribution in [3.8, 4) is 0 Å². The van der Waals surface area contributed by atoms with Crippen molar-refractivity contribution in [2.45, 2.75) is 70.3 Å². The monoisotopic (exact) mass is 297 g/mol. The third-order valence-electron chi connectivity index (χ3n) is 4.79. The van der Waals surface area contributed by atoms with Crippen molar-refractivity contribution < 1.29 is 19.4 Å². The van der Waals surface area contributed by atoms with Crippen LogP contribution in [-0.4, -0.2) is 36.2 Å². The number of carboxylic acid groups (broad SMARTS) is 1. The fourth-order valence-corrected chi connectivity index (χ4v) is 3.67. The summed E-state index contributed by atoms with van der Waals surface area (Å²) >= 11 is 0. The van der Waals surface area contributed by atoms with Gasteiger partial charge >= 0.3 is 5.97 Å². The number of hydrogen-bond donors (Lipinski definition) is 2. The molecule has 1 aliphatic heterocycles. The lowest BCUT2D eigenvalue weighted by Gasteiger charge is -2.27. The topological polar surface area (TPSA) is 75.6 Å². The lowest BCUT2D eigenvalue weighted by Crippen LogP contribution is -2.34. The quantitative estimate of drug-likeness (QED) is 0.757. The van der Waals surface area contributed by atoms with E-state index in [1.807, 2.05) is 0 Å². The zero-order valence-electron chi connectivity index (χ0n) is 12.7. The van der Waals surface area contributed by atoms with Crippen molar-refractivity contribution in [3.63, 3.8) is 0 Å². The molecule has 1 heterocycles. The molecule has 1 saturated carbocycles. The molecule has 2 N–H and O–H groups in total. The molecule has 21 heavy (non-hydrogen) atoms. The molecule has 0 spiro atoms. The van der Waals surface area contributed by atoms with E-state index in [-0.39, 0.29) is 23.8 Å². The third kappa shape index (κ3) is 5.30. The molecule has 0 aromatic rings. The first-order valence-electron chi connectivity index (χ1n) is 8.20. The number of carbonyl (C=O) groups is 2. The SMILES string of the molecule is O=C(O)CC1(CC(=O)NCCC2CCCCO2)CCCC1. The average molecular weight is 297 g/mol. The standard InChI is InChI=1S/C16H27NO4/c18-14(17-9-6-13-5-1-4-10-21-13)11-16(12-15(19)20)7-2-3-8-16/h13H,1-12H2,(H,17,18)(H,19,20). The molecule has 2 fully saturated rings. The van der Waals surface area contributed by atoms with Crippen LogP contribution in [0.3, 0.4) is 0 Å². The summed E-state index contributed by atoms with van der Waals surface area (Å²) in [5.74, 6) is -0.797. The molecular weight excluding hydrogens is 270 g/mol. The first kappa shape index (κ1) is 16.3. The van der Waals surface area contributed by atoms with Crippen LogP contribution in [0.15, 0.2) is 0 Å². The number of ether oxygens (including phenoxy) is 1. The molecule has 1 aliphatic carbocycles. The van der Waals surface area contributed by atoms with Gasteiger partial charge in [-0.1, -0.05) is 12.8 Å². The van der Waals surface area contributed by atoms with E-state index >= 15 is 0 Å². The van der Waals surface area contributed by atoms with E-state index in [1.54, 1.807) is 0 Å². The predicted molar refractivity (Wildman–Crippen MR) is 79.0 cm³/mol. The Kier molecular flexibility index (Phi) is 6.03. The molecule has 1 saturated heterocycles. The second-order valence-electron chi connectivity index (χ2n) is 6.58. The molecule has 5 nitrogen and oxygen atoms in total. The van der Waals surface area contributed by atoms with Crippen LogP contribution in [0.4, 0.5) is 0 Å². The highest BCUT2D eigenvalue weighted by atomic mass is 16.5. The Balaban J connectivity index is 1.70. The molecule has 1 unspecified atom stereocenters. The second-order valence-corrected chi connectivity index (χ2v) is 6.58. The lowest BCUT2D eigenvalue weighted by molar-refractivity contribution is -0.140. The van der Waals surface area contributed by atoms with Gasteiger partial charge in [0.2, 0.25) is 5.91 Å². The minimum absolute atomic E-state index is 0.00559. The number of rotatable bonds is 7. The molecule has 1 atom stereocenters. The zero-order chi connectivity index (χ0) is 15.1. The number of amides is 1. The molecule has 1 amide bonds. The minimum atomic E-state index is -0.791. The van der Waals surface area contributed by atoms with Crippen molar-refractivity contribution in [3.05, 3.63) is 0 Å². The first-order chi connectivity index (χ1) is 10.1. The van der Waals surface area contributed by atoms with E-state index in [0.29, 0.717) is 13.0 Å². The van der Waals surface area contributed by atoms with E-state index in [9.17, 15) is 9.59 Å². The Labute approximate surface area is 126 Å². The highest BCUT2D eigenvalue weighted by molar-refractivity contribution is 5.78. The number of aliphatic carboxylic acids is 1. The maximum atomic E-state index is 12.1. The van der Waals surface area contributed by atoms with Crippen LogP contribution in [0, 0.1) is 5.41 Å². The summed E-state index contributed by atoms with van der Waals surface area (Å²) in [6.45, 7) is 1.47. The van der Waals surface area contributed by atoms with Crippen molar-refractivity contribution in [1.29, 1.82) is 0 Å². The average Bonchev–Trinajstić information content (AvgIpc) is 2.87. The Hall–Kier alpha value is -1.10. The normalized spacial score (nSPS) is 24.7. The van der Waals surface area contributed by atoms with Gasteiger partial charge in [0.05, 0.1) is 12.5 Å². The van der Waals surface area contributed by atoms with Gasteiger partial charge in [0, 0.05) is 19.6 Å². The summed E-state index contributed by atoms with van der Waals surface area (Å²) in [5, 5.41) is 12.0. The van der Waals surface area contributed by atoms with Crippen LogP contribution in [0.25, 0.3) is 0 Å². The number of nitrogens with one attached hydrogen (secondary N) is 1. The molecular formula is C16H27NO4. The van der Waals surface area contributed by atoms with E-state index < -0.39 is 5.97 Å². The Bertz CT molecular complexity index is 357. The molecule has 5 heteroatoms. The van der Waals surface area contributed by atoms with Gasteiger partial charge in [-0.05, 0) is 43.9 Å². The highest BCUT2D eigenvalue weighted by Gasteiger charge is 2.37. The van der Waals surface area contributed by atoms with Crippen molar-refractivity contribution in [2.75, 3.05) is 13.2 Å². The second kappa shape index (κ2) is 7.78. The number of carbonyl (C=O) groups excluding carboxylic acids is 1. The van der Waals surface area contributed by atoms with Crippen LogP contribution in [0.1, 0.15) is 64.2 Å². The van der Waals surface area contributed by atoms with E-state index in [0.717, 1.165) is 51.6 Å². The maximum absolute atomic E-state index is 12.1. The minimum Gasteiger partial charge on any atom is -0.481 e. The molecule has 120 valence electrons. The Morgan fingerprint density at radius 3 is 2.52 bits per heavy atom. The largest absolute Gasteiger partial charge is 0.481 e. The van der Waals surface area contributed by atoms with Gasteiger partial charge in [0.1, 0.15) is 0 Å². The maximum Gasteiger partial charge on any atom is 0.303 e. The van der Waals surface area contributed by atoms with Crippen molar-refractivity contribution >= 4 is 11.9 Å². The molecule has 0 radical (unpaired) electrons. The Morgan fingerprint density at radius 2 is 1.90 bits per heavy atom. The van der Waals surface area contributed by atoms with Gasteiger partial charge in [-0.25, -0.2) is 0 Å². The molecule has 2 aliphatic rings. The first-order valence-corrected chi connectivity index (χ1v) is 8.20. The smallest absolute Gasteiger partial charge is 0.303 e. The summed E-state index contributed by atoms with van der Waals surface area (Å²) in [6, 6.07) is 0. The van der Waals surface area contributed by atoms with Gasteiger partial charge in [0.25, 0.3) is 0 Å². The lowest BCUT2D eigenvalue weighted by atomic mass is 9.79. The van der Waals surface area contributed by atoms with Crippen LogP contribution < -0.4 is 5.32 Å². The highest BCUT2D eigenvalue weighted by Crippen LogP contribution is 2.43. The van der Waals surface area contributed by atoms with Crippen molar-refractivity contribution in [2.24, 2.45) is 5.41 Å². The van der Waals surface area contributed by atoms with Crippen LogP contribution in [0.5, 0.6) is 0 Å². The van der Waals surface area contributed by atoms with E-state index in [2.05, 4.69) is 5.32 Å². The van der Waals surface area contributed by atoms with Gasteiger partial charge in [-0.15, -0.1) is 0 Å². The van der Waals surface area contributed by atoms with Gasteiger partial charge in [-0.3, -0.25) is 9.59 Å². The fraction of sp³-hybridized carbons (Fsp3) is 0.875. The van der Waals surface area contributed by atoms with E-state index in [4.69, 9.17) is 9.84 Å². The summed E-state index contributed by atoms with van der Waals surface area (Å²) in [4.78, 5) is 23.1. The molecule has 2 rings (SSSR count). The van der Waals surface area contributed by atoms with Crippen LogP contribution in [-0.2, 0) is 14.3 Å². The third-order valence-corrected chi connectivity index (χ3v) is 4.79. The zero-order valence-corrected chi connectivity index (χ0v) is 12.7. The molecule has 0 aromatic carbocycles. The number of hydrogen-bond acceptors (Lipinski definition) is 3. The fourth-order valence-electron chi connectivity index (χ4n) is 3.67. The number of carboxylic acids is 1. The molecule has 0 bridgehead atoms. The molecule has 0 aromatic heterocycles. The predicted octanol–water partition coefficient (Wildman–Crippen LogP) is 2.49. The van der Waals surface area contributed by atoms with Gasteiger partial charge in [-0.2, -0.15) is 0 Å². The summed E-state index contributed by atoms with van der Waals surface area (Å²) < 4.78 is 5.64. The van der Waals surface area contributed by atoms with Crippen molar-refractivity contribution in [1.82, 2.24) is 5.32 Å². The van der Waals surface area contributed by atoms with E-state index in [1.165, 1.54) is 6.42 Å².